The van der Waals surface area contributed by atoms with Crippen LogP contribution in [0.5, 0.6) is 0 Å². The Kier molecular flexibility index (Phi) is 14.0. The largest absolute Gasteiger partial charge is 0.459 e. The molecule has 0 bridgehead atoms. The summed E-state index contributed by atoms with van der Waals surface area (Å²) in [6.45, 7) is 10.8. The monoisotopic (exact) mass is 619 g/mol. The highest BCUT2D eigenvalue weighted by Gasteiger charge is 2.58. The summed E-state index contributed by atoms with van der Waals surface area (Å²) in [5, 5.41) is 16.9. The Labute approximate surface area is 262 Å². The van der Waals surface area contributed by atoms with Gasteiger partial charge in [-0.2, -0.15) is 0 Å². The summed E-state index contributed by atoms with van der Waals surface area (Å²) in [6, 6.07) is -0.125. The van der Waals surface area contributed by atoms with Gasteiger partial charge in [-0.1, -0.05) is 37.1 Å². The van der Waals surface area contributed by atoms with Crippen molar-refractivity contribution in [1.82, 2.24) is 10.6 Å². The van der Waals surface area contributed by atoms with Gasteiger partial charge in [-0.25, -0.2) is 0 Å². The molecule has 0 radical (unpaired) electrons. The molecule has 0 aromatic carbocycles. The number of amides is 2. The van der Waals surface area contributed by atoms with Crippen LogP contribution in [0, 0.1) is 5.92 Å². The van der Waals surface area contributed by atoms with Crippen LogP contribution in [-0.2, 0) is 33.3 Å². The van der Waals surface area contributed by atoms with Crippen LogP contribution in [0.25, 0.3) is 0 Å². The Morgan fingerprint density at radius 1 is 1.14 bits per heavy atom. The number of nitrogens with one attached hydrogen (secondary N) is 2. The summed E-state index contributed by atoms with van der Waals surface area (Å²) in [6.07, 6.45) is 11.6. The van der Waals surface area contributed by atoms with Crippen LogP contribution in [0.2, 0.25) is 0 Å². The molecule has 3 aliphatic heterocycles. The molecule has 44 heavy (non-hydrogen) atoms. The molecule has 11 heteroatoms. The second-order valence-electron chi connectivity index (χ2n) is 12.6. The van der Waals surface area contributed by atoms with Crippen LogP contribution in [0.4, 0.5) is 0 Å². The molecule has 3 rings (SSSR count). The Balaban J connectivity index is 1.47. The molecular formula is C33H53N3O8. The highest BCUT2D eigenvalue weighted by atomic mass is 16.6. The van der Waals surface area contributed by atoms with Gasteiger partial charge >= 0.3 is 5.97 Å². The Morgan fingerprint density at radius 3 is 2.57 bits per heavy atom. The van der Waals surface area contributed by atoms with Crippen LogP contribution >= 0.6 is 0 Å². The lowest BCUT2D eigenvalue weighted by molar-refractivity contribution is -0.145. The van der Waals surface area contributed by atoms with Gasteiger partial charge in [0.05, 0.1) is 37.4 Å². The van der Waals surface area contributed by atoms with Gasteiger partial charge in [-0.3, -0.25) is 14.4 Å². The van der Waals surface area contributed by atoms with E-state index in [0.717, 1.165) is 31.3 Å². The molecule has 0 aromatic rings. The zero-order chi connectivity index (χ0) is 32.3. The molecule has 3 fully saturated rings. The molecule has 3 saturated heterocycles. The number of carbonyl (C=O) groups is 3. The van der Waals surface area contributed by atoms with Gasteiger partial charge in [0.15, 0.2) is 0 Å². The zero-order valence-corrected chi connectivity index (χ0v) is 27.0. The zero-order valence-electron chi connectivity index (χ0n) is 27.0. The van der Waals surface area contributed by atoms with E-state index < -0.39 is 29.9 Å². The molecule has 5 N–H and O–H groups in total. The maximum atomic E-state index is 12.5. The lowest BCUT2D eigenvalue weighted by atomic mass is 9.87. The van der Waals surface area contributed by atoms with E-state index in [2.05, 4.69) is 23.6 Å². The summed E-state index contributed by atoms with van der Waals surface area (Å²) < 4.78 is 23.1. The van der Waals surface area contributed by atoms with E-state index in [1.165, 1.54) is 13.0 Å². The Bertz CT molecular complexity index is 1060. The fraction of sp³-hybridized carbons (Fsp3) is 0.727. The van der Waals surface area contributed by atoms with E-state index in [4.69, 9.17) is 24.7 Å². The number of hydrogen-bond acceptors (Lipinski definition) is 9. The predicted molar refractivity (Wildman–Crippen MR) is 166 cm³/mol. The number of unbranched alkanes of at least 4 members (excludes halogenated alkanes) is 2. The van der Waals surface area contributed by atoms with Crippen LogP contribution in [0.15, 0.2) is 36.0 Å². The summed E-state index contributed by atoms with van der Waals surface area (Å²) in [7, 11) is 0. The first-order valence-electron chi connectivity index (χ1n) is 16.0. The SMILES string of the molecule is CC(=O)OC(C)C=CC(=O)N[C@@H]1C[C@H](C)[C@H](CC=C(C)C=C[C@H]2O[C@H](CC(=O)NCCCCCN)C[C@@]3(CO3)[C@@H]2O)O[C@@H]1C. The van der Waals surface area contributed by atoms with Crippen molar-refractivity contribution in [2.45, 2.75) is 128 Å². The van der Waals surface area contributed by atoms with E-state index in [0.29, 0.717) is 32.5 Å². The minimum Gasteiger partial charge on any atom is -0.459 e. The minimum absolute atomic E-state index is 0.00103. The van der Waals surface area contributed by atoms with Crippen molar-refractivity contribution < 1.29 is 38.4 Å². The van der Waals surface area contributed by atoms with E-state index in [-0.39, 0.29) is 48.5 Å². The first kappa shape index (κ1) is 35.9. The summed E-state index contributed by atoms with van der Waals surface area (Å²) in [5.41, 5.74) is 5.89. The Hall–Kier alpha value is -2.57. The van der Waals surface area contributed by atoms with Crippen molar-refractivity contribution in [3.8, 4) is 0 Å². The van der Waals surface area contributed by atoms with Gasteiger partial charge in [-0.15, -0.1) is 0 Å². The van der Waals surface area contributed by atoms with E-state index in [9.17, 15) is 19.5 Å². The van der Waals surface area contributed by atoms with Crippen molar-refractivity contribution in [3.63, 3.8) is 0 Å². The Morgan fingerprint density at radius 2 is 1.89 bits per heavy atom. The van der Waals surface area contributed by atoms with Crippen molar-refractivity contribution in [2.75, 3.05) is 19.7 Å². The molecular weight excluding hydrogens is 566 g/mol. The lowest BCUT2D eigenvalue weighted by Gasteiger charge is -2.39. The average Bonchev–Trinajstić information content (AvgIpc) is 3.73. The number of hydrogen-bond donors (Lipinski definition) is 4. The number of nitrogens with two attached hydrogens (primary N) is 1. The predicted octanol–water partition coefficient (Wildman–Crippen LogP) is 2.61. The number of epoxide rings is 1. The third-order valence-corrected chi connectivity index (χ3v) is 8.54. The lowest BCUT2D eigenvalue weighted by Crippen LogP contribution is -2.50. The quantitative estimate of drug-likeness (QED) is 0.0710. The summed E-state index contributed by atoms with van der Waals surface area (Å²) in [4.78, 5) is 35.9. The van der Waals surface area contributed by atoms with Crippen molar-refractivity contribution in [1.29, 1.82) is 0 Å². The maximum Gasteiger partial charge on any atom is 0.303 e. The number of esters is 1. The summed E-state index contributed by atoms with van der Waals surface area (Å²) in [5.74, 6) is -0.483. The number of ether oxygens (including phenoxy) is 4. The molecule has 1 unspecified atom stereocenters. The molecule has 1 spiro atoms. The molecule has 9 atom stereocenters. The average molecular weight is 620 g/mol. The third kappa shape index (κ3) is 11.4. The van der Waals surface area contributed by atoms with Gasteiger partial charge < -0.3 is 40.4 Å². The van der Waals surface area contributed by atoms with Crippen LogP contribution in [0.3, 0.4) is 0 Å². The second kappa shape index (κ2) is 17.2. The number of allylic oxidation sites excluding steroid dienone is 2. The molecule has 3 aliphatic rings. The number of aliphatic hydroxyl groups is 1. The highest BCUT2D eigenvalue weighted by molar-refractivity contribution is 5.87. The summed E-state index contributed by atoms with van der Waals surface area (Å²) >= 11 is 0. The van der Waals surface area contributed by atoms with Crippen LogP contribution in [-0.4, -0.2) is 90.9 Å². The molecule has 0 saturated carbocycles. The fourth-order valence-electron chi connectivity index (χ4n) is 5.84. The van der Waals surface area contributed by atoms with Gasteiger partial charge in [0, 0.05) is 26.0 Å². The van der Waals surface area contributed by atoms with Gasteiger partial charge in [0.1, 0.15) is 23.9 Å². The fourth-order valence-corrected chi connectivity index (χ4v) is 5.84. The van der Waals surface area contributed by atoms with Crippen molar-refractivity contribution in [2.24, 2.45) is 11.7 Å². The molecule has 248 valence electrons. The van der Waals surface area contributed by atoms with Crippen LogP contribution < -0.4 is 16.4 Å². The smallest absolute Gasteiger partial charge is 0.303 e. The van der Waals surface area contributed by atoms with E-state index in [1.807, 2.05) is 26.0 Å². The number of aliphatic hydroxyl groups excluding tert-OH is 1. The molecule has 11 nitrogen and oxygen atoms in total. The van der Waals surface area contributed by atoms with Gasteiger partial charge in [-0.05, 0) is 65.0 Å². The van der Waals surface area contributed by atoms with Crippen molar-refractivity contribution >= 4 is 17.8 Å². The number of carbonyl (C=O) groups excluding carboxylic acids is 3. The molecule has 3 heterocycles. The van der Waals surface area contributed by atoms with Crippen LogP contribution in [0.1, 0.15) is 79.6 Å². The molecule has 0 aliphatic carbocycles. The normalized spacial score (nSPS) is 33.0. The first-order valence-corrected chi connectivity index (χ1v) is 16.0. The number of rotatable bonds is 15. The molecule has 2 amide bonds. The minimum atomic E-state index is -0.795. The van der Waals surface area contributed by atoms with Gasteiger partial charge in [0.2, 0.25) is 11.8 Å². The highest BCUT2D eigenvalue weighted by Crippen LogP contribution is 2.43. The topological polar surface area (TPSA) is 162 Å². The van der Waals surface area contributed by atoms with E-state index >= 15 is 0 Å². The maximum absolute atomic E-state index is 12.5. The van der Waals surface area contributed by atoms with E-state index in [1.54, 1.807) is 13.0 Å². The van der Waals surface area contributed by atoms with Crippen molar-refractivity contribution in [3.05, 3.63) is 36.0 Å². The first-order chi connectivity index (χ1) is 20.9. The molecule has 0 aromatic heterocycles. The van der Waals surface area contributed by atoms with Gasteiger partial charge in [0.25, 0.3) is 0 Å². The second-order valence-corrected chi connectivity index (χ2v) is 12.6. The standard InChI is InChI=1S/C33H53N3O8/c1-21(9-12-28-22(2)17-27(24(4)43-28)36-30(38)14-11-23(3)42-25(5)37)10-13-29-32(40)33(20-41-33)19-26(44-29)18-31(39)35-16-8-6-7-15-34/h9-11,13-14,22-24,26-29,32,40H,6-8,12,15-20,34H2,1-5H3,(H,35,39)(H,36,38)/t22-,23?,24+,26+,27+,28-,29+,32+,33+/m0/s1. The third-order valence-electron chi connectivity index (χ3n) is 8.54.